The van der Waals surface area contributed by atoms with Crippen LogP contribution in [-0.2, 0) is 10.0 Å². The van der Waals surface area contributed by atoms with E-state index >= 15 is 0 Å². The largest absolute Gasteiger partial charge is 0.322 e. The Bertz CT molecular complexity index is 1320. The van der Waals surface area contributed by atoms with Crippen molar-refractivity contribution in [2.45, 2.75) is 20.3 Å². The minimum absolute atomic E-state index is 0.144. The number of aryl methyl sites for hydroxylation is 2. The highest BCUT2D eigenvalue weighted by molar-refractivity contribution is 7.93. The number of benzene rings is 3. The van der Waals surface area contributed by atoms with Crippen molar-refractivity contribution < 1.29 is 18.0 Å². The maximum atomic E-state index is 12.9. The van der Waals surface area contributed by atoms with E-state index in [9.17, 15) is 18.0 Å². The molecule has 33 heavy (non-hydrogen) atoms. The molecule has 1 aliphatic heterocycles. The summed E-state index contributed by atoms with van der Waals surface area (Å²) in [6.45, 7) is 4.11. The molecule has 1 heterocycles. The zero-order valence-corrected chi connectivity index (χ0v) is 19.3. The highest BCUT2D eigenvalue weighted by Crippen LogP contribution is 2.27. The van der Waals surface area contributed by atoms with Gasteiger partial charge in [0.25, 0.3) is 11.8 Å². The van der Waals surface area contributed by atoms with E-state index in [4.69, 9.17) is 0 Å². The second-order valence-corrected chi connectivity index (χ2v) is 10.1. The molecule has 1 saturated heterocycles. The van der Waals surface area contributed by atoms with Gasteiger partial charge in [-0.05, 0) is 73.9 Å². The number of nitrogens with one attached hydrogen (secondary N) is 2. The molecule has 8 heteroatoms. The van der Waals surface area contributed by atoms with Gasteiger partial charge in [-0.25, -0.2) is 8.42 Å². The quantitative estimate of drug-likeness (QED) is 0.588. The first-order valence-corrected chi connectivity index (χ1v) is 12.2. The molecule has 2 N–H and O–H groups in total. The lowest BCUT2D eigenvalue weighted by Crippen LogP contribution is -2.25. The van der Waals surface area contributed by atoms with Crippen molar-refractivity contribution in [1.29, 1.82) is 0 Å². The van der Waals surface area contributed by atoms with Gasteiger partial charge in [-0.2, -0.15) is 0 Å². The predicted molar refractivity (Wildman–Crippen MR) is 130 cm³/mol. The van der Waals surface area contributed by atoms with Crippen LogP contribution < -0.4 is 14.9 Å². The van der Waals surface area contributed by atoms with Crippen molar-refractivity contribution in [2.24, 2.45) is 0 Å². The molecule has 0 saturated carbocycles. The van der Waals surface area contributed by atoms with Crippen molar-refractivity contribution in [3.05, 3.63) is 89.0 Å². The van der Waals surface area contributed by atoms with Crippen molar-refractivity contribution >= 4 is 38.9 Å². The molecule has 1 fully saturated rings. The molecule has 0 aliphatic carbocycles. The summed E-state index contributed by atoms with van der Waals surface area (Å²) < 4.78 is 25.7. The third-order valence-electron chi connectivity index (χ3n) is 5.62. The Morgan fingerprint density at radius 3 is 2.27 bits per heavy atom. The van der Waals surface area contributed by atoms with Crippen molar-refractivity contribution in [3.63, 3.8) is 0 Å². The van der Waals surface area contributed by atoms with E-state index in [1.165, 1.54) is 4.31 Å². The number of amides is 2. The lowest BCUT2D eigenvalue weighted by atomic mass is 10.1. The number of sulfonamides is 1. The minimum Gasteiger partial charge on any atom is -0.322 e. The van der Waals surface area contributed by atoms with Gasteiger partial charge in [0, 0.05) is 29.0 Å². The van der Waals surface area contributed by atoms with Gasteiger partial charge >= 0.3 is 0 Å². The normalized spacial score (nSPS) is 14.7. The fourth-order valence-corrected chi connectivity index (χ4v) is 5.36. The van der Waals surface area contributed by atoms with Gasteiger partial charge in [-0.3, -0.25) is 13.9 Å². The molecule has 7 nitrogen and oxygen atoms in total. The molecule has 170 valence electrons. The minimum atomic E-state index is -3.28. The van der Waals surface area contributed by atoms with Gasteiger partial charge in [0.05, 0.1) is 11.4 Å². The molecular formula is C25H25N3O4S. The number of nitrogens with zero attached hydrogens (tertiary/aromatic N) is 1. The topological polar surface area (TPSA) is 95.6 Å². The van der Waals surface area contributed by atoms with E-state index in [1.54, 1.807) is 61.5 Å². The van der Waals surface area contributed by atoms with E-state index in [2.05, 4.69) is 10.6 Å². The molecule has 3 aromatic rings. The number of hydrogen-bond donors (Lipinski definition) is 2. The van der Waals surface area contributed by atoms with E-state index in [0.717, 1.165) is 5.56 Å². The van der Waals surface area contributed by atoms with Gasteiger partial charge < -0.3 is 10.6 Å². The summed E-state index contributed by atoms with van der Waals surface area (Å²) >= 11 is 0. The van der Waals surface area contributed by atoms with E-state index in [0.29, 0.717) is 46.7 Å². The van der Waals surface area contributed by atoms with Gasteiger partial charge in [0.15, 0.2) is 0 Å². The number of hydrogen-bond acceptors (Lipinski definition) is 4. The second-order valence-electron chi connectivity index (χ2n) is 8.04. The zero-order chi connectivity index (χ0) is 23.6. The smallest absolute Gasteiger partial charge is 0.255 e. The first-order valence-electron chi connectivity index (χ1n) is 10.6. The van der Waals surface area contributed by atoms with E-state index in [-0.39, 0.29) is 17.6 Å². The summed E-state index contributed by atoms with van der Waals surface area (Å²) in [5.41, 5.74) is 4.25. The molecule has 0 atom stereocenters. The average molecular weight is 464 g/mol. The summed E-state index contributed by atoms with van der Waals surface area (Å²) in [4.78, 5) is 25.4. The number of anilines is 3. The third kappa shape index (κ3) is 4.90. The Kier molecular flexibility index (Phi) is 6.20. The fourth-order valence-electron chi connectivity index (χ4n) is 3.80. The van der Waals surface area contributed by atoms with Crippen LogP contribution in [-0.4, -0.2) is 32.5 Å². The lowest BCUT2D eigenvalue weighted by Gasteiger charge is -2.18. The molecule has 4 rings (SSSR count). The number of carbonyl (C=O) groups is 2. The summed E-state index contributed by atoms with van der Waals surface area (Å²) in [5, 5.41) is 5.75. The molecule has 2 amide bonds. The van der Waals surface area contributed by atoms with Crippen LogP contribution in [0.2, 0.25) is 0 Å². The third-order valence-corrected chi connectivity index (χ3v) is 7.49. The molecule has 0 aromatic heterocycles. The van der Waals surface area contributed by atoms with Gasteiger partial charge in [0.2, 0.25) is 10.0 Å². The van der Waals surface area contributed by atoms with Crippen molar-refractivity contribution in [1.82, 2.24) is 0 Å². The van der Waals surface area contributed by atoms with Gasteiger partial charge in [-0.1, -0.05) is 24.3 Å². The van der Waals surface area contributed by atoms with Gasteiger partial charge in [0.1, 0.15) is 0 Å². The molecule has 1 aliphatic rings. The van der Waals surface area contributed by atoms with Crippen LogP contribution in [0.1, 0.15) is 38.3 Å². The Hall–Kier alpha value is -3.65. The predicted octanol–water partition coefficient (Wildman–Crippen LogP) is 4.35. The fraction of sp³-hybridized carbons (Fsp3) is 0.200. The second kappa shape index (κ2) is 9.07. The van der Waals surface area contributed by atoms with E-state index in [1.807, 2.05) is 19.1 Å². The van der Waals surface area contributed by atoms with Crippen LogP contribution in [0.25, 0.3) is 0 Å². The first-order chi connectivity index (χ1) is 15.7. The SMILES string of the molecule is Cc1ccc(NC(=O)c2ccc(N3CCCS3(=O)=O)cc2C)cc1NC(=O)c1ccccc1. The van der Waals surface area contributed by atoms with Gasteiger partial charge in [-0.15, -0.1) is 0 Å². The maximum Gasteiger partial charge on any atom is 0.255 e. The van der Waals surface area contributed by atoms with Crippen LogP contribution in [0.3, 0.4) is 0 Å². The number of rotatable bonds is 5. The van der Waals surface area contributed by atoms with Crippen LogP contribution in [0.5, 0.6) is 0 Å². The standard InChI is InChI=1S/C25H25N3O4S/c1-17-9-10-20(16-23(17)27-24(29)19-7-4-3-5-8-19)26-25(30)22-12-11-21(15-18(22)2)28-13-6-14-33(28,31)32/h3-5,7-12,15-16H,6,13-14H2,1-2H3,(H,26,30)(H,27,29). The van der Waals surface area contributed by atoms with Crippen LogP contribution >= 0.6 is 0 Å². The average Bonchev–Trinajstić information content (AvgIpc) is 3.15. The zero-order valence-electron chi connectivity index (χ0n) is 18.5. The summed E-state index contributed by atoms with van der Waals surface area (Å²) in [6.07, 6.45) is 0.597. The molecule has 0 radical (unpaired) electrons. The Labute approximate surface area is 193 Å². The molecular weight excluding hydrogens is 438 g/mol. The molecule has 0 unspecified atom stereocenters. The summed E-state index contributed by atoms with van der Waals surface area (Å²) in [6, 6.07) is 19.2. The molecule has 0 bridgehead atoms. The van der Waals surface area contributed by atoms with Crippen LogP contribution in [0, 0.1) is 13.8 Å². The summed E-state index contributed by atoms with van der Waals surface area (Å²) in [7, 11) is -3.28. The Morgan fingerprint density at radius 2 is 1.61 bits per heavy atom. The molecule has 3 aromatic carbocycles. The lowest BCUT2D eigenvalue weighted by molar-refractivity contribution is 0.101. The van der Waals surface area contributed by atoms with Crippen molar-refractivity contribution in [3.8, 4) is 0 Å². The number of carbonyl (C=O) groups excluding carboxylic acids is 2. The Morgan fingerprint density at radius 1 is 0.848 bits per heavy atom. The van der Waals surface area contributed by atoms with E-state index < -0.39 is 10.0 Å². The Balaban J connectivity index is 1.50. The van der Waals surface area contributed by atoms with Crippen LogP contribution in [0.4, 0.5) is 17.1 Å². The highest BCUT2D eigenvalue weighted by atomic mass is 32.2. The van der Waals surface area contributed by atoms with Crippen LogP contribution in [0.15, 0.2) is 66.7 Å². The summed E-state index contributed by atoms with van der Waals surface area (Å²) in [5.74, 6) is -0.400. The first kappa shape index (κ1) is 22.5. The van der Waals surface area contributed by atoms with Crippen molar-refractivity contribution in [2.75, 3.05) is 27.2 Å². The highest BCUT2D eigenvalue weighted by Gasteiger charge is 2.28. The maximum absolute atomic E-state index is 12.9. The monoisotopic (exact) mass is 463 g/mol. The molecule has 0 spiro atoms.